The number of aryl methyl sites for hydroxylation is 2. The molecule has 17 heavy (non-hydrogen) atoms. The van der Waals surface area contributed by atoms with Gasteiger partial charge in [-0.2, -0.15) is 0 Å². The molecule has 0 aliphatic rings. The van der Waals surface area contributed by atoms with Crippen LogP contribution in [-0.4, -0.2) is 25.3 Å². The van der Waals surface area contributed by atoms with E-state index in [9.17, 15) is 9.90 Å². The highest BCUT2D eigenvalue weighted by Crippen LogP contribution is 2.28. The van der Waals surface area contributed by atoms with Gasteiger partial charge in [0.05, 0.1) is 26.7 Å². The zero-order chi connectivity index (χ0) is 13.0. The molecule has 4 heteroatoms. The van der Waals surface area contributed by atoms with Crippen LogP contribution < -0.4 is 4.74 Å². The molecule has 0 spiro atoms. The molecule has 0 fully saturated rings. The lowest BCUT2D eigenvalue weighted by Gasteiger charge is -2.14. The Balaban J connectivity index is 2.96. The zero-order valence-corrected chi connectivity index (χ0v) is 10.6. The average molecular weight is 238 g/mol. The van der Waals surface area contributed by atoms with Crippen LogP contribution in [0.4, 0.5) is 0 Å². The Hall–Kier alpha value is -1.55. The van der Waals surface area contributed by atoms with Crippen LogP contribution in [0.15, 0.2) is 12.1 Å². The number of carbonyl (C=O) groups is 1. The number of benzene rings is 1. The van der Waals surface area contributed by atoms with Crippen molar-refractivity contribution >= 4 is 5.97 Å². The van der Waals surface area contributed by atoms with E-state index in [0.717, 1.165) is 16.9 Å². The topological polar surface area (TPSA) is 55.8 Å². The molecule has 0 aromatic heterocycles. The molecule has 0 unspecified atom stereocenters. The van der Waals surface area contributed by atoms with Crippen molar-refractivity contribution in [3.63, 3.8) is 0 Å². The summed E-state index contributed by atoms with van der Waals surface area (Å²) in [5.74, 6) is 0.377. The summed E-state index contributed by atoms with van der Waals surface area (Å²) in [5.41, 5.74) is 2.57. The first-order valence-electron chi connectivity index (χ1n) is 5.39. The van der Waals surface area contributed by atoms with E-state index >= 15 is 0 Å². The minimum atomic E-state index is -0.842. The highest BCUT2D eigenvalue weighted by atomic mass is 16.5. The van der Waals surface area contributed by atoms with Gasteiger partial charge in [0.25, 0.3) is 0 Å². The van der Waals surface area contributed by atoms with Crippen molar-refractivity contribution in [3.8, 4) is 5.75 Å². The van der Waals surface area contributed by atoms with Gasteiger partial charge in [-0.1, -0.05) is 0 Å². The quantitative estimate of drug-likeness (QED) is 0.814. The lowest BCUT2D eigenvalue weighted by Crippen LogP contribution is -2.08. The molecule has 1 rings (SSSR count). The van der Waals surface area contributed by atoms with E-state index in [1.807, 2.05) is 26.0 Å². The molecule has 0 heterocycles. The summed E-state index contributed by atoms with van der Waals surface area (Å²) in [6, 6.07) is 3.64. The number of ether oxygens (including phenoxy) is 2. The van der Waals surface area contributed by atoms with Crippen molar-refractivity contribution in [2.24, 2.45) is 0 Å². The van der Waals surface area contributed by atoms with Gasteiger partial charge in [0.2, 0.25) is 0 Å². The summed E-state index contributed by atoms with van der Waals surface area (Å²) < 4.78 is 9.76. The SMILES string of the molecule is COC(=O)C[C@@H](O)c1cc(C)c(OC)c(C)c1. The van der Waals surface area contributed by atoms with Crippen LogP contribution in [0, 0.1) is 13.8 Å². The van der Waals surface area contributed by atoms with Gasteiger partial charge in [0.15, 0.2) is 0 Å². The molecule has 1 atom stereocenters. The Labute approximate surface area is 101 Å². The Kier molecular flexibility index (Phi) is 4.52. The van der Waals surface area contributed by atoms with Crippen LogP contribution >= 0.6 is 0 Å². The van der Waals surface area contributed by atoms with Crippen LogP contribution in [0.3, 0.4) is 0 Å². The zero-order valence-electron chi connectivity index (χ0n) is 10.6. The fraction of sp³-hybridized carbons (Fsp3) is 0.462. The van der Waals surface area contributed by atoms with E-state index in [0.29, 0.717) is 5.56 Å². The number of carbonyl (C=O) groups excluding carboxylic acids is 1. The van der Waals surface area contributed by atoms with Crippen LogP contribution in [0.2, 0.25) is 0 Å². The number of rotatable bonds is 4. The number of esters is 1. The minimum Gasteiger partial charge on any atom is -0.496 e. The molecule has 4 nitrogen and oxygen atoms in total. The van der Waals surface area contributed by atoms with Crippen molar-refractivity contribution in [1.29, 1.82) is 0 Å². The lowest BCUT2D eigenvalue weighted by atomic mass is 10.00. The first-order chi connectivity index (χ1) is 7.99. The van der Waals surface area contributed by atoms with Crippen LogP contribution in [-0.2, 0) is 9.53 Å². The fourth-order valence-corrected chi connectivity index (χ4v) is 1.86. The summed E-state index contributed by atoms with van der Waals surface area (Å²) >= 11 is 0. The smallest absolute Gasteiger partial charge is 0.308 e. The average Bonchev–Trinajstić information content (AvgIpc) is 2.28. The molecule has 94 valence electrons. The first kappa shape index (κ1) is 13.5. The molecule has 0 aliphatic heterocycles. The lowest BCUT2D eigenvalue weighted by molar-refractivity contribution is -0.142. The van der Waals surface area contributed by atoms with E-state index in [-0.39, 0.29) is 6.42 Å². The monoisotopic (exact) mass is 238 g/mol. The Morgan fingerprint density at radius 1 is 1.29 bits per heavy atom. The van der Waals surface area contributed by atoms with Crippen molar-refractivity contribution in [3.05, 3.63) is 28.8 Å². The number of hydrogen-bond acceptors (Lipinski definition) is 4. The maximum Gasteiger partial charge on any atom is 0.308 e. The molecule has 1 aromatic carbocycles. The normalized spacial score (nSPS) is 12.1. The summed E-state index contributed by atoms with van der Waals surface area (Å²) in [6.45, 7) is 3.81. The Bertz CT molecular complexity index is 389. The van der Waals surface area contributed by atoms with Crippen molar-refractivity contribution in [2.75, 3.05) is 14.2 Å². The Morgan fingerprint density at radius 3 is 2.24 bits per heavy atom. The third kappa shape index (κ3) is 3.20. The second kappa shape index (κ2) is 5.68. The highest BCUT2D eigenvalue weighted by molar-refractivity contribution is 5.70. The number of aliphatic hydroxyl groups is 1. The molecule has 0 bridgehead atoms. The van der Waals surface area contributed by atoms with E-state index in [1.165, 1.54) is 7.11 Å². The fourth-order valence-electron chi connectivity index (χ4n) is 1.86. The number of methoxy groups -OCH3 is 2. The van der Waals surface area contributed by atoms with Crippen LogP contribution in [0.5, 0.6) is 5.75 Å². The summed E-state index contributed by atoms with van der Waals surface area (Å²) in [5, 5.41) is 9.89. The predicted molar refractivity (Wildman–Crippen MR) is 64.1 cm³/mol. The maximum atomic E-state index is 11.1. The summed E-state index contributed by atoms with van der Waals surface area (Å²) in [7, 11) is 2.92. The van der Waals surface area contributed by atoms with Crippen molar-refractivity contribution < 1.29 is 19.4 Å². The van der Waals surface area contributed by atoms with E-state index in [2.05, 4.69) is 4.74 Å². The third-order valence-electron chi connectivity index (χ3n) is 2.66. The molecule has 1 aromatic rings. The van der Waals surface area contributed by atoms with Gasteiger partial charge in [-0.3, -0.25) is 4.79 Å². The van der Waals surface area contributed by atoms with Gasteiger partial charge in [-0.15, -0.1) is 0 Å². The number of aliphatic hydroxyl groups excluding tert-OH is 1. The molecule has 1 N–H and O–H groups in total. The van der Waals surface area contributed by atoms with Crippen molar-refractivity contribution in [1.82, 2.24) is 0 Å². The second-order valence-corrected chi connectivity index (χ2v) is 3.98. The van der Waals surface area contributed by atoms with Gasteiger partial charge in [0.1, 0.15) is 5.75 Å². The number of hydrogen-bond donors (Lipinski definition) is 1. The summed E-state index contributed by atoms with van der Waals surface area (Å²) in [4.78, 5) is 11.1. The highest BCUT2D eigenvalue weighted by Gasteiger charge is 2.15. The largest absolute Gasteiger partial charge is 0.496 e. The van der Waals surface area contributed by atoms with E-state index in [1.54, 1.807) is 7.11 Å². The van der Waals surface area contributed by atoms with Gasteiger partial charge in [-0.25, -0.2) is 0 Å². The molecule has 0 aliphatic carbocycles. The molecular weight excluding hydrogens is 220 g/mol. The van der Waals surface area contributed by atoms with E-state index in [4.69, 9.17) is 4.74 Å². The third-order valence-corrected chi connectivity index (χ3v) is 2.66. The molecule has 0 saturated heterocycles. The second-order valence-electron chi connectivity index (χ2n) is 3.98. The van der Waals surface area contributed by atoms with Crippen molar-refractivity contribution in [2.45, 2.75) is 26.4 Å². The Morgan fingerprint density at radius 2 is 1.82 bits per heavy atom. The van der Waals surface area contributed by atoms with Gasteiger partial charge < -0.3 is 14.6 Å². The van der Waals surface area contributed by atoms with Crippen LogP contribution in [0.1, 0.15) is 29.2 Å². The molecule has 0 radical (unpaired) electrons. The first-order valence-corrected chi connectivity index (χ1v) is 5.39. The molecule has 0 amide bonds. The molecule has 0 saturated carbocycles. The van der Waals surface area contributed by atoms with Gasteiger partial charge >= 0.3 is 5.97 Å². The maximum absolute atomic E-state index is 11.1. The molecular formula is C13H18O4. The standard InChI is InChI=1S/C13H18O4/c1-8-5-10(6-9(2)13(8)17-4)11(14)7-12(15)16-3/h5-6,11,14H,7H2,1-4H3/t11-/m1/s1. The van der Waals surface area contributed by atoms with E-state index < -0.39 is 12.1 Å². The summed E-state index contributed by atoms with van der Waals surface area (Å²) in [6.07, 6.45) is -0.882. The minimum absolute atomic E-state index is 0.0400. The predicted octanol–water partition coefficient (Wildman–Crippen LogP) is 1.91. The van der Waals surface area contributed by atoms with Gasteiger partial charge in [0, 0.05) is 0 Å². The van der Waals surface area contributed by atoms with Gasteiger partial charge in [-0.05, 0) is 42.7 Å². The van der Waals surface area contributed by atoms with Crippen LogP contribution in [0.25, 0.3) is 0 Å².